The highest BCUT2D eigenvalue weighted by Gasteiger charge is 2.07. The average Bonchev–Trinajstić information content (AvgIpc) is 3.80. The molecule has 5 aromatic heterocycles. The van der Waals surface area contributed by atoms with Crippen molar-refractivity contribution in [3.63, 3.8) is 0 Å². The zero-order chi connectivity index (χ0) is 28.6. The molecule has 0 saturated carbocycles. The van der Waals surface area contributed by atoms with Gasteiger partial charge in [0, 0.05) is 16.6 Å². The molecule has 6 heterocycles. The lowest BCUT2D eigenvalue weighted by molar-refractivity contribution is 0.109. The zero-order valence-corrected chi connectivity index (χ0v) is 22.9. The summed E-state index contributed by atoms with van der Waals surface area (Å²) >= 11 is 0. The van der Waals surface area contributed by atoms with Crippen LogP contribution in [0.4, 0.5) is 0 Å². The Morgan fingerprint density at radius 1 is 0.750 bits per heavy atom. The molecule has 10 nitrogen and oxygen atoms in total. The second kappa shape index (κ2) is 23.7. The third-order valence-corrected chi connectivity index (χ3v) is 4.54. The Hall–Kier alpha value is -4.38. The minimum absolute atomic E-state index is 0. The van der Waals surface area contributed by atoms with Crippen LogP contribution in [0.15, 0.2) is 114 Å². The number of aliphatic hydroxyl groups is 1. The molecule has 0 spiro atoms. The maximum Gasteiger partial charge on any atom is 0.185 e. The van der Waals surface area contributed by atoms with Gasteiger partial charge in [-0.15, -0.1) is 0 Å². The molecule has 0 aliphatic carbocycles. The highest BCUT2D eigenvalue weighted by Crippen LogP contribution is 2.09. The lowest BCUT2D eigenvalue weighted by Gasteiger charge is -1.94. The van der Waals surface area contributed by atoms with Crippen molar-refractivity contribution in [2.75, 3.05) is 6.61 Å². The second-order valence-corrected chi connectivity index (χ2v) is 7.78. The fraction of sp³-hybridized carbons (Fsp3) is 0.267. The number of rotatable bonds is 3. The van der Waals surface area contributed by atoms with Gasteiger partial charge >= 0.3 is 0 Å². The normalized spacial score (nSPS) is 12.4. The predicted octanol–water partition coefficient (Wildman–Crippen LogP) is 8.21. The van der Waals surface area contributed by atoms with Crippen LogP contribution in [0.2, 0.25) is 0 Å². The molecule has 40 heavy (non-hydrogen) atoms. The van der Waals surface area contributed by atoms with Gasteiger partial charge in [-0.1, -0.05) is 0 Å². The van der Waals surface area contributed by atoms with E-state index in [9.17, 15) is 9.59 Å². The third-order valence-electron chi connectivity index (χ3n) is 4.54. The van der Waals surface area contributed by atoms with Gasteiger partial charge in [0.25, 0.3) is 0 Å². The topological polar surface area (TPSA) is 161 Å². The molecule has 1 unspecified atom stereocenters. The summed E-state index contributed by atoms with van der Waals surface area (Å²) in [4.78, 5) is 19.5. The Bertz CT molecular complexity index is 1090. The maximum atomic E-state index is 9.77. The van der Waals surface area contributed by atoms with Crippen LogP contribution >= 0.6 is 0 Å². The molecule has 6 rings (SSSR count). The smallest absolute Gasteiger partial charge is 0.185 e. The van der Waals surface area contributed by atoms with Crippen molar-refractivity contribution in [3.8, 4) is 0 Å². The highest BCUT2D eigenvalue weighted by molar-refractivity contribution is 5.70. The van der Waals surface area contributed by atoms with E-state index in [-0.39, 0.29) is 22.1 Å². The predicted molar refractivity (Wildman–Crippen MR) is 163 cm³/mol. The Balaban J connectivity index is -0.0000000627. The van der Waals surface area contributed by atoms with E-state index in [4.69, 9.17) is 23.1 Å². The molecule has 0 amide bonds. The molecule has 1 saturated heterocycles. The van der Waals surface area contributed by atoms with Gasteiger partial charge in [0.1, 0.15) is 23.9 Å². The van der Waals surface area contributed by atoms with Gasteiger partial charge in [-0.25, -0.2) is 0 Å². The van der Waals surface area contributed by atoms with Crippen molar-refractivity contribution in [1.82, 2.24) is 0 Å². The van der Waals surface area contributed by atoms with Crippen LogP contribution in [0.3, 0.4) is 0 Å². The molecule has 1 atom stereocenters. The summed E-state index contributed by atoms with van der Waals surface area (Å²) in [5, 5.41) is 8.33. The first-order valence-electron chi connectivity index (χ1n) is 12.2. The molecular weight excluding hydrogens is 520 g/mol. The Morgan fingerprint density at radius 3 is 1.35 bits per heavy atom. The van der Waals surface area contributed by atoms with Crippen LogP contribution in [0, 0.1) is 13.8 Å². The summed E-state index contributed by atoms with van der Waals surface area (Å²) in [7, 11) is 0. The monoisotopic (exact) mass is 572 g/mol. The van der Waals surface area contributed by atoms with Crippen molar-refractivity contribution in [2.45, 2.75) is 46.3 Å². The summed E-state index contributed by atoms with van der Waals surface area (Å²) in [6, 6.07) is 17.6. The number of aliphatic hydroxyl groups excluding tert-OH is 1. The van der Waals surface area contributed by atoms with Crippen molar-refractivity contribution in [2.24, 2.45) is 0 Å². The van der Waals surface area contributed by atoms with Gasteiger partial charge in [-0.05, 0) is 94.3 Å². The zero-order valence-electron chi connectivity index (χ0n) is 22.9. The lowest BCUT2D eigenvalue weighted by atomic mass is 10.3. The van der Waals surface area contributed by atoms with Gasteiger partial charge in [0.15, 0.2) is 24.1 Å². The lowest BCUT2D eigenvalue weighted by Crippen LogP contribution is -1.94. The molecule has 3 N–H and O–H groups in total. The first-order valence-corrected chi connectivity index (χ1v) is 12.2. The molecule has 10 heteroatoms. The highest BCUT2D eigenvalue weighted by atomic mass is 16.5. The van der Waals surface area contributed by atoms with E-state index >= 15 is 0 Å². The maximum absolute atomic E-state index is 9.77. The van der Waals surface area contributed by atoms with Gasteiger partial charge in [0.2, 0.25) is 0 Å². The molecule has 232 valence electrons. The van der Waals surface area contributed by atoms with Crippen molar-refractivity contribution in [3.05, 3.63) is 121 Å². The van der Waals surface area contributed by atoms with E-state index in [2.05, 4.69) is 15.8 Å². The van der Waals surface area contributed by atoms with Crippen molar-refractivity contribution < 1.29 is 57.0 Å². The minimum Gasteiger partial charge on any atom is -0.470 e. The second-order valence-electron chi connectivity index (χ2n) is 7.78. The number of hydrogen-bond acceptors (Lipinski definition) is 9. The van der Waals surface area contributed by atoms with E-state index in [1.165, 1.54) is 31.6 Å². The van der Waals surface area contributed by atoms with E-state index in [0.29, 0.717) is 36.0 Å². The summed E-state index contributed by atoms with van der Waals surface area (Å²) in [6.07, 6.45) is 12.2. The fourth-order valence-corrected chi connectivity index (χ4v) is 2.58. The summed E-state index contributed by atoms with van der Waals surface area (Å²) < 4.78 is 28.8. The summed E-state index contributed by atoms with van der Waals surface area (Å²) in [6.45, 7) is 6.93. The Kier molecular flexibility index (Phi) is 21.1. The van der Waals surface area contributed by atoms with Crippen LogP contribution in [0.25, 0.3) is 0 Å². The SMILES string of the molecule is CC1CCCO1.Cc1ccco1.Cc1ccco1.O.O=Cc1ccco1.O=Cc1ccco1.OCc1ccco1.[HH].[HH].[HH].[HH].[HH].[HH].[HH]. The van der Waals surface area contributed by atoms with Crippen LogP contribution in [0.5, 0.6) is 0 Å². The number of carbonyl (C=O) groups is 2. The van der Waals surface area contributed by atoms with Crippen LogP contribution in [-0.4, -0.2) is 35.9 Å². The fourth-order valence-electron chi connectivity index (χ4n) is 2.58. The van der Waals surface area contributed by atoms with Gasteiger partial charge in [-0.3, -0.25) is 9.59 Å². The molecule has 1 fully saturated rings. The number of hydrogen-bond donors (Lipinski definition) is 1. The molecule has 0 radical (unpaired) electrons. The van der Waals surface area contributed by atoms with Gasteiger partial charge < -0.3 is 37.4 Å². The van der Waals surface area contributed by atoms with Crippen molar-refractivity contribution in [1.29, 1.82) is 0 Å². The Labute approximate surface area is 243 Å². The molecule has 0 aromatic carbocycles. The number of aryl methyl sites for hydroxylation is 2. The van der Waals surface area contributed by atoms with Crippen LogP contribution in [-0.2, 0) is 11.3 Å². The van der Waals surface area contributed by atoms with E-state index < -0.39 is 0 Å². The average molecular weight is 573 g/mol. The van der Waals surface area contributed by atoms with E-state index in [1.807, 2.05) is 38.1 Å². The number of carbonyl (C=O) groups excluding carboxylic acids is 2. The summed E-state index contributed by atoms with van der Waals surface area (Å²) in [5.41, 5.74) is 0. The van der Waals surface area contributed by atoms with Gasteiger partial charge in [-0.2, -0.15) is 0 Å². The number of furan rings is 5. The van der Waals surface area contributed by atoms with Crippen molar-refractivity contribution >= 4 is 12.6 Å². The molecule has 1 aliphatic rings. The summed E-state index contributed by atoms with van der Waals surface area (Å²) in [5.74, 6) is 3.30. The van der Waals surface area contributed by atoms with Crippen LogP contribution < -0.4 is 0 Å². The quantitative estimate of drug-likeness (QED) is 0.210. The molecule has 1 aliphatic heterocycles. The van der Waals surface area contributed by atoms with E-state index in [1.54, 1.807) is 48.9 Å². The largest absolute Gasteiger partial charge is 0.470 e. The standard InChI is InChI=1S/C5H6O2.2C5H4O2.C5H10O.2C5H6O.H2O.7H2/c3*6-4-5-2-1-3-7-5;3*1-5-3-2-4-6-5;;;;;;;;/h1-3,6H,4H2;2*1-4H;5H,2-4H2,1H3;2*2-4H,1H3;1H2;7*1H. The van der Waals surface area contributed by atoms with Gasteiger partial charge in [0.05, 0.1) is 37.4 Å². The van der Waals surface area contributed by atoms with Crippen LogP contribution in [0.1, 0.15) is 68.1 Å². The molecular formula is C30H52O10. The Morgan fingerprint density at radius 2 is 1.20 bits per heavy atom. The first kappa shape index (κ1) is 35.6. The number of aldehydes is 2. The minimum atomic E-state index is -0.00694. The first-order chi connectivity index (χ1) is 19.0. The molecule has 5 aromatic rings. The van der Waals surface area contributed by atoms with E-state index in [0.717, 1.165) is 18.1 Å². The molecule has 0 bridgehead atoms. The third kappa shape index (κ3) is 18.8. The number of ether oxygens (including phenoxy) is 1.